The zero-order valence-corrected chi connectivity index (χ0v) is 17.8. The van der Waals surface area contributed by atoms with E-state index < -0.39 is 11.8 Å². The molecule has 0 radical (unpaired) electrons. The van der Waals surface area contributed by atoms with E-state index in [1.807, 2.05) is 18.2 Å². The van der Waals surface area contributed by atoms with Gasteiger partial charge >= 0.3 is 0 Å². The van der Waals surface area contributed by atoms with Crippen LogP contribution < -0.4 is 25.4 Å². The van der Waals surface area contributed by atoms with E-state index in [0.717, 1.165) is 22.4 Å². The molecule has 0 aliphatic carbocycles. The summed E-state index contributed by atoms with van der Waals surface area (Å²) >= 11 is 0. The molecule has 3 aromatic carbocycles. The molecule has 4 rings (SSSR count). The maximum atomic E-state index is 13.5. The highest BCUT2D eigenvalue weighted by molar-refractivity contribution is 6.36. The number of rotatable bonds is 7. The van der Waals surface area contributed by atoms with Crippen molar-refractivity contribution >= 4 is 34.0 Å². The van der Waals surface area contributed by atoms with Gasteiger partial charge in [-0.3, -0.25) is 9.59 Å². The normalized spacial score (nSPS) is 12.6. The van der Waals surface area contributed by atoms with Crippen molar-refractivity contribution in [1.29, 1.82) is 5.26 Å². The number of nitrogens with two attached hydrogens (primary N) is 1. The van der Waals surface area contributed by atoms with Crippen molar-refractivity contribution in [3.8, 4) is 17.6 Å². The van der Waals surface area contributed by atoms with Crippen LogP contribution in [0.4, 0.5) is 11.4 Å². The lowest BCUT2D eigenvalue weighted by Crippen LogP contribution is -2.41. The Labute approximate surface area is 185 Å². The number of hydrogen-bond acceptors (Lipinski definition) is 7. The van der Waals surface area contributed by atoms with Crippen LogP contribution in [0.1, 0.15) is 32.7 Å². The summed E-state index contributed by atoms with van der Waals surface area (Å²) < 4.78 is 10.6. The number of ether oxygens (including phenoxy) is 2. The number of nitriles is 1. The Morgan fingerprint density at radius 3 is 2.38 bits per heavy atom. The molecule has 0 fully saturated rings. The molecule has 0 spiro atoms. The predicted octanol–water partition coefficient (Wildman–Crippen LogP) is 3.29. The molecule has 8 nitrogen and oxygen atoms in total. The zero-order valence-electron chi connectivity index (χ0n) is 17.8. The van der Waals surface area contributed by atoms with Gasteiger partial charge < -0.3 is 20.5 Å². The summed E-state index contributed by atoms with van der Waals surface area (Å²) in [6.07, 6.45) is 0.796. The minimum absolute atomic E-state index is 0.125. The summed E-state index contributed by atoms with van der Waals surface area (Å²) in [5, 5.41) is 14.4. The van der Waals surface area contributed by atoms with Gasteiger partial charge in [0.15, 0.2) is 11.5 Å². The quantitative estimate of drug-likeness (QED) is 0.436. The van der Waals surface area contributed by atoms with E-state index in [-0.39, 0.29) is 11.3 Å². The molecule has 0 atom stereocenters. The van der Waals surface area contributed by atoms with Crippen LogP contribution in [-0.2, 0) is 0 Å². The Morgan fingerprint density at radius 1 is 1.03 bits per heavy atom. The van der Waals surface area contributed by atoms with E-state index in [1.54, 1.807) is 18.2 Å². The highest BCUT2D eigenvalue weighted by atomic mass is 16.5. The number of imide groups is 1. The van der Waals surface area contributed by atoms with Gasteiger partial charge in [0.1, 0.15) is 6.07 Å². The number of benzene rings is 3. The van der Waals surface area contributed by atoms with Gasteiger partial charge in [-0.2, -0.15) is 5.26 Å². The van der Waals surface area contributed by atoms with Gasteiger partial charge in [0.25, 0.3) is 11.8 Å². The maximum absolute atomic E-state index is 13.5. The molecule has 0 saturated carbocycles. The van der Waals surface area contributed by atoms with Gasteiger partial charge in [0.05, 0.1) is 25.5 Å². The molecule has 162 valence electrons. The van der Waals surface area contributed by atoms with Crippen LogP contribution in [0.5, 0.6) is 11.5 Å². The van der Waals surface area contributed by atoms with Crippen LogP contribution in [0.2, 0.25) is 0 Å². The summed E-state index contributed by atoms with van der Waals surface area (Å²) in [6.45, 7) is 1.24. The second-order valence-electron chi connectivity index (χ2n) is 7.24. The highest BCUT2D eigenvalue weighted by Gasteiger charge is 2.36. The lowest BCUT2D eigenvalue weighted by atomic mass is 9.92. The molecule has 1 aliphatic heterocycles. The van der Waals surface area contributed by atoms with Crippen LogP contribution in [0.3, 0.4) is 0 Å². The fourth-order valence-corrected chi connectivity index (χ4v) is 3.94. The van der Waals surface area contributed by atoms with Crippen LogP contribution in [0.25, 0.3) is 10.8 Å². The molecule has 3 N–H and O–H groups in total. The fraction of sp³-hybridized carbons (Fsp3) is 0.208. The van der Waals surface area contributed by atoms with Crippen LogP contribution >= 0.6 is 0 Å². The number of methoxy groups -OCH3 is 2. The lowest BCUT2D eigenvalue weighted by Gasteiger charge is -2.29. The van der Waals surface area contributed by atoms with Crippen LogP contribution in [0.15, 0.2) is 42.5 Å². The third-order valence-corrected chi connectivity index (χ3v) is 5.47. The molecule has 1 heterocycles. The number of carbonyl (C=O) groups excluding carboxylic acids is 2. The molecular formula is C24H22N4O4. The number of nitrogens with one attached hydrogen (secondary N) is 1. The first-order chi connectivity index (χ1) is 15.5. The van der Waals surface area contributed by atoms with Crippen LogP contribution in [0, 0.1) is 11.3 Å². The second kappa shape index (κ2) is 8.57. The number of carbonyl (C=O) groups is 2. The second-order valence-corrected chi connectivity index (χ2v) is 7.24. The van der Waals surface area contributed by atoms with E-state index in [9.17, 15) is 14.9 Å². The lowest BCUT2D eigenvalue weighted by molar-refractivity contribution is 0.0893. The number of nitrogens with zero attached hydrogens (tertiary/aromatic N) is 2. The first-order valence-electron chi connectivity index (χ1n) is 10.1. The smallest absolute Gasteiger partial charge is 0.266 e. The summed E-state index contributed by atoms with van der Waals surface area (Å²) in [4.78, 5) is 28.0. The standard InChI is InChI=1S/C24H22N4O4/c1-31-20-11-14(13-26)19(12-21(20)32-2)28-23(29)16-6-3-5-15-18(27-10-4-9-25)8-7-17(22(15)16)24(28)30/h3,5-8,11-12,27H,4,9-10,25H2,1-2H3. The third kappa shape index (κ3) is 3.29. The van der Waals surface area contributed by atoms with Gasteiger partial charge in [0, 0.05) is 46.3 Å². The topological polar surface area (TPSA) is 118 Å². The SMILES string of the molecule is COc1cc(C#N)c(N2C(=O)c3cccc4c(NCCCN)ccc(c34)C2=O)cc1OC. The van der Waals surface area contributed by atoms with Crippen molar-refractivity contribution in [2.45, 2.75) is 6.42 Å². The Balaban J connectivity index is 1.88. The van der Waals surface area contributed by atoms with Gasteiger partial charge in [-0.15, -0.1) is 0 Å². The average molecular weight is 430 g/mol. The van der Waals surface area contributed by atoms with Crippen molar-refractivity contribution in [3.05, 3.63) is 59.2 Å². The number of anilines is 2. The van der Waals surface area contributed by atoms with Gasteiger partial charge in [-0.25, -0.2) is 4.90 Å². The monoisotopic (exact) mass is 430 g/mol. The Hall–Kier alpha value is -4.09. The Morgan fingerprint density at radius 2 is 1.72 bits per heavy atom. The maximum Gasteiger partial charge on any atom is 0.266 e. The first kappa shape index (κ1) is 21.2. The van der Waals surface area contributed by atoms with E-state index in [1.165, 1.54) is 26.4 Å². The third-order valence-electron chi connectivity index (χ3n) is 5.47. The van der Waals surface area contributed by atoms with E-state index in [4.69, 9.17) is 15.2 Å². The highest BCUT2D eigenvalue weighted by Crippen LogP contribution is 2.40. The average Bonchev–Trinajstić information content (AvgIpc) is 2.82. The van der Waals surface area contributed by atoms with Crippen molar-refractivity contribution in [1.82, 2.24) is 0 Å². The van der Waals surface area contributed by atoms with Gasteiger partial charge in [-0.1, -0.05) is 12.1 Å². The molecule has 0 unspecified atom stereocenters. The molecule has 0 saturated heterocycles. The number of amides is 2. The van der Waals surface area contributed by atoms with Crippen molar-refractivity contribution in [3.63, 3.8) is 0 Å². The first-order valence-corrected chi connectivity index (χ1v) is 10.1. The molecule has 32 heavy (non-hydrogen) atoms. The van der Waals surface area contributed by atoms with Crippen molar-refractivity contribution < 1.29 is 19.1 Å². The number of hydrogen-bond donors (Lipinski definition) is 2. The molecule has 1 aliphatic rings. The predicted molar refractivity (Wildman–Crippen MR) is 122 cm³/mol. The molecular weight excluding hydrogens is 408 g/mol. The largest absolute Gasteiger partial charge is 0.493 e. The van der Waals surface area contributed by atoms with Crippen molar-refractivity contribution in [2.24, 2.45) is 5.73 Å². The van der Waals surface area contributed by atoms with E-state index in [2.05, 4.69) is 5.32 Å². The van der Waals surface area contributed by atoms with E-state index in [0.29, 0.717) is 41.1 Å². The Bertz CT molecular complexity index is 1260. The zero-order chi connectivity index (χ0) is 22.8. The van der Waals surface area contributed by atoms with Gasteiger partial charge in [0.2, 0.25) is 0 Å². The van der Waals surface area contributed by atoms with Crippen molar-refractivity contribution in [2.75, 3.05) is 37.5 Å². The summed E-state index contributed by atoms with van der Waals surface area (Å²) in [5.74, 6) is -0.363. The molecule has 0 aromatic heterocycles. The van der Waals surface area contributed by atoms with Gasteiger partial charge in [-0.05, 0) is 31.2 Å². The fourth-order valence-electron chi connectivity index (χ4n) is 3.94. The molecule has 8 heteroatoms. The Kier molecular flexibility index (Phi) is 5.67. The summed E-state index contributed by atoms with van der Waals surface area (Å²) in [6, 6.07) is 13.8. The molecule has 3 aromatic rings. The molecule has 0 bridgehead atoms. The van der Waals surface area contributed by atoms with Crippen LogP contribution in [-0.4, -0.2) is 39.1 Å². The molecule has 2 amide bonds. The summed E-state index contributed by atoms with van der Waals surface area (Å²) in [5.41, 5.74) is 7.46. The van der Waals surface area contributed by atoms with E-state index >= 15 is 0 Å². The minimum Gasteiger partial charge on any atom is -0.493 e. The minimum atomic E-state index is -0.504. The summed E-state index contributed by atoms with van der Waals surface area (Å²) in [7, 11) is 2.90.